The van der Waals surface area contributed by atoms with E-state index in [1.54, 1.807) is 11.8 Å². The predicted molar refractivity (Wildman–Crippen MR) is 79.8 cm³/mol. The zero-order chi connectivity index (χ0) is 14.0. The Morgan fingerprint density at radius 2 is 2.15 bits per heavy atom. The lowest BCUT2D eigenvalue weighted by atomic mass is 9.75. The van der Waals surface area contributed by atoms with E-state index in [2.05, 4.69) is 10.1 Å². The molecule has 0 saturated heterocycles. The van der Waals surface area contributed by atoms with Gasteiger partial charge in [-0.25, -0.2) is 0 Å². The van der Waals surface area contributed by atoms with Gasteiger partial charge in [-0.3, -0.25) is 0 Å². The van der Waals surface area contributed by atoms with Crippen LogP contribution in [-0.2, 0) is 12.2 Å². The van der Waals surface area contributed by atoms with Gasteiger partial charge in [-0.15, -0.1) is 11.8 Å². The Bertz CT molecular complexity index is 598. The SMILES string of the molecule is NC1(Cc2nc(CSc3ccccc3Cl)no2)CCC1. The van der Waals surface area contributed by atoms with Crippen molar-refractivity contribution < 1.29 is 4.52 Å². The maximum absolute atomic E-state index is 6.18. The van der Waals surface area contributed by atoms with Crippen molar-refractivity contribution >= 4 is 23.4 Å². The van der Waals surface area contributed by atoms with E-state index in [4.69, 9.17) is 21.9 Å². The number of aromatic nitrogens is 2. The van der Waals surface area contributed by atoms with Gasteiger partial charge in [0.05, 0.1) is 10.8 Å². The van der Waals surface area contributed by atoms with Gasteiger partial charge in [-0.1, -0.05) is 28.9 Å². The molecule has 1 heterocycles. The van der Waals surface area contributed by atoms with E-state index in [0.29, 0.717) is 23.9 Å². The van der Waals surface area contributed by atoms with Gasteiger partial charge in [0.25, 0.3) is 0 Å². The molecule has 0 spiro atoms. The molecule has 0 amide bonds. The van der Waals surface area contributed by atoms with Crippen LogP contribution in [0.15, 0.2) is 33.7 Å². The summed E-state index contributed by atoms with van der Waals surface area (Å²) in [6, 6.07) is 7.74. The van der Waals surface area contributed by atoms with Crippen molar-refractivity contribution in [3.63, 3.8) is 0 Å². The van der Waals surface area contributed by atoms with E-state index in [1.165, 1.54) is 6.42 Å². The molecule has 1 saturated carbocycles. The predicted octanol–water partition coefficient (Wildman–Crippen LogP) is 3.44. The average Bonchev–Trinajstić information content (AvgIpc) is 2.83. The number of hydrogen-bond donors (Lipinski definition) is 1. The molecule has 2 N–H and O–H groups in total. The number of benzene rings is 1. The smallest absolute Gasteiger partial charge is 0.228 e. The fourth-order valence-corrected chi connectivity index (χ4v) is 3.32. The van der Waals surface area contributed by atoms with Crippen LogP contribution in [-0.4, -0.2) is 15.7 Å². The highest BCUT2D eigenvalue weighted by molar-refractivity contribution is 7.98. The monoisotopic (exact) mass is 309 g/mol. The number of halogens is 1. The van der Waals surface area contributed by atoms with Crippen LogP contribution in [0.1, 0.15) is 31.0 Å². The second-order valence-electron chi connectivity index (χ2n) is 5.22. The van der Waals surface area contributed by atoms with Crippen molar-refractivity contribution in [2.24, 2.45) is 5.73 Å². The largest absolute Gasteiger partial charge is 0.339 e. The van der Waals surface area contributed by atoms with Gasteiger partial charge in [0.2, 0.25) is 5.89 Å². The normalized spacial score (nSPS) is 16.9. The van der Waals surface area contributed by atoms with Crippen LogP contribution in [0.4, 0.5) is 0 Å². The first kappa shape index (κ1) is 13.9. The maximum Gasteiger partial charge on any atom is 0.228 e. The van der Waals surface area contributed by atoms with E-state index < -0.39 is 0 Å². The minimum atomic E-state index is -0.125. The van der Waals surface area contributed by atoms with Crippen LogP contribution >= 0.6 is 23.4 Å². The second kappa shape index (κ2) is 5.76. The molecule has 2 aromatic rings. The highest BCUT2D eigenvalue weighted by Crippen LogP contribution is 2.32. The zero-order valence-corrected chi connectivity index (χ0v) is 12.6. The third kappa shape index (κ3) is 3.16. The second-order valence-corrected chi connectivity index (χ2v) is 6.64. The topological polar surface area (TPSA) is 64.9 Å². The standard InChI is InChI=1S/C14H16ClN3OS/c15-10-4-1-2-5-11(10)20-9-12-17-13(19-18-12)8-14(16)6-3-7-14/h1-2,4-5H,3,6-9,16H2. The lowest BCUT2D eigenvalue weighted by molar-refractivity contribution is 0.221. The quantitative estimate of drug-likeness (QED) is 0.857. The summed E-state index contributed by atoms with van der Waals surface area (Å²) in [5.41, 5.74) is 6.05. The molecule has 0 aliphatic heterocycles. The highest BCUT2D eigenvalue weighted by atomic mass is 35.5. The van der Waals surface area contributed by atoms with Crippen LogP contribution in [0.2, 0.25) is 5.02 Å². The van der Waals surface area contributed by atoms with Gasteiger partial charge in [0.15, 0.2) is 5.82 Å². The molecule has 0 bridgehead atoms. The Balaban J connectivity index is 1.59. The first-order valence-corrected chi connectivity index (χ1v) is 7.99. The van der Waals surface area contributed by atoms with Crippen LogP contribution in [0, 0.1) is 0 Å². The summed E-state index contributed by atoms with van der Waals surface area (Å²) >= 11 is 7.71. The summed E-state index contributed by atoms with van der Waals surface area (Å²) in [7, 11) is 0. The molecule has 6 heteroatoms. The molecule has 1 aliphatic carbocycles. The van der Waals surface area contributed by atoms with E-state index >= 15 is 0 Å². The molecule has 3 rings (SSSR count). The van der Waals surface area contributed by atoms with E-state index in [9.17, 15) is 0 Å². The van der Waals surface area contributed by atoms with E-state index in [1.807, 2.05) is 24.3 Å². The molecule has 1 fully saturated rings. The molecule has 1 aromatic carbocycles. The Kier molecular flexibility index (Phi) is 4.01. The maximum atomic E-state index is 6.18. The molecule has 0 radical (unpaired) electrons. The highest BCUT2D eigenvalue weighted by Gasteiger charge is 2.34. The van der Waals surface area contributed by atoms with Gasteiger partial charge >= 0.3 is 0 Å². The van der Waals surface area contributed by atoms with Gasteiger partial charge in [0, 0.05) is 16.9 Å². The summed E-state index contributed by atoms with van der Waals surface area (Å²) in [5.74, 6) is 1.97. The van der Waals surface area contributed by atoms with E-state index in [-0.39, 0.29) is 5.54 Å². The van der Waals surface area contributed by atoms with Crippen molar-refractivity contribution in [1.29, 1.82) is 0 Å². The van der Waals surface area contributed by atoms with Gasteiger partial charge < -0.3 is 10.3 Å². The molecular formula is C14H16ClN3OS. The molecule has 0 unspecified atom stereocenters. The number of hydrogen-bond acceptors (Lipinski definition) is 5. The Hall–Kier alpha value is -1.04. The Morgan fingerprint density at radius 1 is 1.35 bits per heavy atom. The summed E-state index contributed by atoms with van der Waals surface area (Å²) in [6.45, 7) is 0. The third-order valence-electron chi connectivity index (χ3n) is 3.56. The van der Waals surface area contributed by atoms with Crippen molar-refractivity contribution in [3.8, 4) is 0 Å². The number of rotatable bonds is 5. The summed E-state index contributed by atoms with van der Waals surface area (Å²) < 4.78 is 5.27. The minimum Gasteiger partial charge on any atom is -0.339 e. The van der Waals surface area contributed by atoms with Crippen molar-refractivity contribution in [3.05, 3.63) is 41.0 Å². The first-order chi connectivity index (χ1) is 9.65. The zero-order valence-electron chi connectivity index (χ0n) is 11.0. The first-order valence-electron chi connectivity index (χ1n) is 6.62. The molecule has 20 heavy (non-hydrogen) atoms. The Morgan fingerprint density at radius 3 is 2.85 bits per heavy atom. The number of thioether (sulfide) groups is 1. The van der Waals surface area contributed by atoms with Crippen LogP contribution in [0.5, 0.6) is 0 Å². The average molecular weight is 310 g/mol. The molecule has 0 atom stereocenters. The molecule has 1 aliphatic rings. The molecule has 1 aromatic heterocycles. The van der Waals surface area contributed by atoms with E-state index in [0.717, 1.165) is 22.8 Å². The minimum absolute atomic E-state index is 0.125. The summed E-state index contributed by atoms with van der Waals surface area (Å²) in [4.78, 5) is 5.42. The Labute approximate surface area is 127 Å². The summed E-state index contributed by atoms with van der Waals surface area (Å²) in [6.07, 6.45) is 3.95. The number of nitrogens with two attached hydrogens (primary N) is 1. The van der Waals surface area contributed by atoms with Gasteiger partial charge in [-0.2, -0.15) is 4.98 Å². The van der Waals surface area contributed by atoms with Crippen molar-refractivity contribution in [2.75, 3.05) is 0 Å². The fourth-order valence-electron chi connectivity index (χ4n) is 2.23. The lowest BCUT2D eigenvalue weighted by Gasteiger charge is -2.36. The number of nitrogens with zero attached hydrogens (tertiary/aromatic N) is 2. The van der Waals surface area contributed by atoms with Crippen LogP contribution in [0.25, 0.3) is 0 Å². The van der Waals surface area contributed by atoms with Gasteiger partial charge in [-0.05, 0) is 31.4 Å². The van der Waals surface area contributed by atoms with Gasteiger partial charge in [0.1, 0.15) is 0 Å². The fraction of sp³-hybridized carbons (Fsp3) is 0.429. The van der Waals surface area contributed by atoms with Crippen LogP contribution in [0.3, 0.4) is 0 Å². The molecular weight excluding hydrogens is 294 g/mol. The van der Waals surface area contributed by atoms with Crippen LogP contribution < -0.4 is 5.73 Å². The third-order valence-corrected chi connectivity index (χ3v) is 5.07. The lowest BCUT2D eigenvalue weighted by Crippen LogP contribution is -2.48. The van der Waals surface area contributed by atoms with Crippen molar-refractivity contribution in [2.45, 2.75) is 41.9 Å². The molecule has 106 valence electrons. The molecule has 4 nitrogen and oxygen atoms in total. The van der Waals surface area contributed by atoms with Crippen molar-refractivity contribution in [1.82, 2.24) is 10.1 Å². The summed E-state index contributed by atoms with van der Waals surface area (Å²) in [5, 5.41) is 4.74.